The Kier molecular flexibility index (Phi) is 19.1. The Morgan fingerprint density at radius 2 is 0.446 bits per heavy atom. The van der Waals surface area contributed by atoms with E-state index in [1.165, 1.54) is 179 Å². The molecule has 2 aliphatic carbocycles. The molecule has 2 aliphatic rings. The SMILES string of the molecule is CC1(C)c2cc(-c3ccc(-c4ccc(-c5ccccc5)cc4)cc3)ccc2-c2ccc(N(c3ccc(-c4ccc5sc6cc(-c7ccc(N(c8cccc(-c9ccc%10sc%11ccccc%11c%10c9)c8)c8ccc9c(c8)C(C)(C)c8cc(-c%10ccc(-c%11ccc(-c%12ccccc%12)cc%11)cc%10)ccc8-9)c(-c8ccccc8)c7)ccc6c5c4)cc3)c3ccccc3-c3ccccc3)cc21. The lowest BCUT2D eigenvalue weighted by Gasteiger charge is -2.30. The van der Waals surface area contributed by atoms with Crippen LogP contribution in [-0.2, 0) is 10.8 Å². The van der Waals surface area contributed by atoms with Crippen molar-refractivity contribution in [3.05, 3.63) is 483 Å². The van der Waals surface area contributed by atoms with E-state index in [-0.39, 0.29) is 10.8 Å². The molecule has 130 heavy (non-hydrogen) atoms. The second kappa shape index (κ2) is 31.8. The third-order valence-corrected chi connectivity index (χ3v) is 29.8. The van der Waals surface area contributed by atoms with Crippen molar-refractivity contribution in [2.75, 3.05) is 9.80 Å². The Labute approximate surface area is 767 Å². The van der Waals surface area contributed by atoms with Gasteiger partial charge in [-0.05, 0) is 271 Å². The number of hydrogen-bond donors (Lipinski definition) is 0. The maximum absolute atomic E-state index is 2.52. The smallest absolute Gasteiger partial charge is 0.0540 e. The van der Waals surface area contributed by atoms with E-state index in [2.05, 4.69) is 499 Å². The van der Waals surface area contributed by atoms with E-state index in [1.54, 1.807) is 0 Å². The molecule has 24 rings (SSSR count). The molecule has 20 aromatic carbocycles. The van der Waals surface area contributed by atoms with Crippen molar-refractivity contribution < 1.29 is 0 Å². The molecule has 0 N–H and O–H groups in total. The molecule has 2 aromatic heterocycles. The van der Waals surface area contributed by atoms with E-state index in [0.29, 0.717) is 0 Å². The van der Waals surface area contributed by atoms with Gasteiger partial charge in [0.05, 0.1) is 11.4 Å². The molecule has 4 heteroatoms. The van der Waals surface area contributed by atoms with Gasteiger partial charge in [-0.15, -0.1) is 22.7 Å². The minimum absolute atomic E-state index is 0.272. The number of hydrogen-bond acceptors (Lipinski definition) is 4. The van der Waals surface area contributed by atoms with Crippen LogP contribution >= 0.6 is 22.7 Å². The second-order valence-corrected chi connectivity index (χ2v) is 38.0. The van der Waals surface area contributed by atoms with Crippen molar-refractivity contribution in [2.24, 2.45) is 0 Å². The largest absolute Gasteiger partial charge is 0.310 e. The molecule has 0 atom stereocenters. The molecule has 0 bridgehead atoms. The number of anilines is 6. The molecule has 0 amide bonds. The van der Waals surface area contributed by atoms with Gasteiger partial charge in [-0.1, -0.05) is 373 Å². The summed E-state index contributed by atoms with van der Waals surface area (Å²) in [5, 5.41) is 5.10. The van der Waals surface area contributed by atoms with E-state index in [9.17, 15) is 0 Å². The van der Waals surface area contributed by atoms with Crippen LogP contribution in [0.15, 0.2) is 461 Å². The summed E-state index contributed by atoms with van der Waals surface area (Å²) >= 11 is 3.73. The lowest BCUT2D eigenvalue weighted by molar-refractivity contribution is 0.660. The highest BCUT2D eigenvalue weighted by Gasteiger charge is 2.39. The maximum atomic E-state index is 2.52. The first kappa shape index (κ1) is 78.0. The molecule has 2 heterocycles. The van der Waals surface area contributed by atoms with E-state index < -0.39 is 0 Å². The molecule has 0 fully saturated rings. The fourth-order valence-electron chi connectivity index (χ4n) is 20.6. The molecule has 0 saturated heterocycles. The van der Waals surface area contributed by atoms with Crippen LogP contribution in [0.5, 0.6) is 0 Å². The summed E-state index contributed by atoms with van der Waals surface area (Å²) < 4.78 is 5.12. The first-order chi connectivity index (χ1) is 63.9. The van der Waals surface area contributed by atoms with Gasteiger partial charge in [0.2, 0.25) is 0 Å². The third-order valence-electron chi connectivity index (χ3n) is 27.6. The Bertz CT molecular complexity index is 8150. The second-order valence-electron chi connectivity index (χ2n) is 35.9. The normalized spacial score (nSPS) is 12.7. The van der Waals surface area contributed by atoms with Gasteiger partial charge in [0.25, 0.3) is 0 Å². The summed E-state index contributed by atoms with van der Waals surface area (Å²) in [5.41, 5.74) is 42.7. The maximum Gasteiger partial charge on any atom is 0.0540 e. The number of benzene rings is 20. The van der Waals surface area contributed by atoms with Crippen molar-refractivity contribution in [2.45, 2.75) is 38.5 Å². The molecule has 0 unspecified atom stereocenters. The minimum Gasteiger partial charge on any atom is -0.310 e. The van der Waals surface area contributed by atoms with E-state index >= 15 is 0 Å². The highest BCUT2D eigenvalue weighted by molar-refractivity contribution is 7.26. The Hall–Kier alpha value is -15.6. The van der Waals surface area contributed by atoms with Gasteiger partial charge in [0.15, 0.2) is 0 Å². The zero-order chi connectivity index (χ0) is 86.7. The van der Waals surface area contributed by atoms with Crippen molar-refractivity contribution >= 4 is 97.1 Å². The molecule has 0 saturated carbocycles. The van der Waals surface area contributed by atoms with Gasteiger partial charge in [0, 0.05) is 85.1 Å². The molecule has 0 radical (unpaired) electrons. The van der Waals surface area contributed by atoms with Gasteiger partial charge in [-0.25, -0.2) is 0 Å². The predicted molar refractivity (Wildman–Crippen MR) is 557 cm³/mol. The van der Waals surface area contributed by atoms with E-state index in [1.807, 2.05) is 22.7 Å². The number of para-hydroxylation sites is 1. The minimum atomic E-state index is -0.312. The van der Waals surface area contributed by atoms with Crippen molar-refractivity contribution in [3.8, 4) is 145 Å². The summed E-state index contributed by atoms with van der Waals surface area (Å²) in [5.74, 6) is 0. The molecule has 614 valence electrons. The van der Waals surface area contributed by atoms with E-state index in [4.69, 9.17) is 0 Å². The molecular weight excluding hydrogens is 1610 g/mol. The molecule has 22 aromatic rings. The Balaban J connectivity index is 0.548. The zero-order valence-electron chi connectivity index (χ0n) is 72.6. The number of nitrogens with zero attached hydrogens (tertiary/aromatic N) is 2. The highest BCUT2D eigenvalue weighted by atomic mass is 32.1. The fourth-order valence-corrected chi connectivity index (χ4v) is 22.8. The summed E-state index contributed by atoms with van der Waals surface area (Å²) in [4.78, 5) is 4.99. The average molecular weight is 1690 g/mol. The first-order valence-electron chi connectivity index (χ1n) is 45.0. The monoisotopic (exact) mass is 1690 g/mol. The van der Waals surface area contributed by atoms with Crippen LogP contribution in [0.1, 0.15) is 49.9 Å². The number of fused-ring (bicyclic) bond motifs is 12. The van der Waals surface area contributed by atoms with Gasteiger partial charge in [0.1, 0.15) is 0 Å². The summed E-state index contributed by atoms with van der Waals surface area (Å²) in [6, 6.07) is 172. The summed E-state index contributed by atoms with van der Waals surface area (Å²) in [7, 11) is 0. The van der Waals surface area contributed by atoms with Crippen LogP contribution in [0.2, 0.25) is 0 Å². The van der Waals surface area contributed by atoms with Crippen molar-refractivity contribution in [1.82, 2.24) is 0 Å². The quantitative estimate of drug-likeness (QED) is 0.0896. The van der Waals surface area contributed by atoms with Gasteiger partial charge < -0.3 is 9.80 Å². The molecule has 0 spiro atoms. The van der Waals surface area contributed by atoms with Crippen LogP contribution in [0.25, 0.3) is 185 Å². The van der Waals surface area contributed by atoms with Crippen LogP contribution in [0, 0.1) is 0 Å². The van der Waals surface area contributed by atoms with E-state index in [0.717, 1.165) is 61.9 Å². The van der Waals surface area contributed by atoms with Crippen molar-refractivity contribution in [3.63, 3.8) is 0 Å². The molecule has 0 aliphatic heterocycles. The highest BCUT2D eigenvalue weighted by Crippen LogP contribution is 2.56. The molecule has 2 nitrogen and oxygen atoms in total. The summed E-state index contributed by atoms with van der Waals surface area (Å²) in [6.07, 6.45) is 0. The fraction of sp³-hybridized carbons (Fsp3) is 0.0476. The lowest BCUT2D eigenvalue weighted by atomic mass is 9.81. The zero-order valence-corrected chi connectivity index (χ0v) is 74.2. The first-order valence-corrected chi connectivity index (χ1v) is 46.7. The third kappa shape index (κ3) is 13.8. The van der Waals surface area contributed by atoms with Crippen LogP contribution in [-0.4, -0.2) is 0 Å². The number of rotatable bonds is 17. The lowest BCUT2D eigenvalue weighted by Crippen LogP contribution is -2.17. The summed E-state index contributed by atoms with van der Waals surface area (Å²) in [6.45, 7) is 9.63. The standard InChI is InChI=1S/C126H88N2S2/c1-125(2)115-76-98(89-48-44-87(45-49-89)85-40-36-83(37-41-85)81-22-9-5-10-23-81)54-64-106(115)108-67-62-103(79-117(108)125)127(119-34-19-17-32-105(119)92-26-13-7-14-27-92)101-60-52-91(53-61-101)95-58-70-123-114(74-95)111-66-56-100(78-124(111)130-123)96-57-69-120(112(73-96)93-28-15-8-16-29-93)128(102-31-21-30-94(72-102)97-59-71-122-113(75-97)110-33-18-20-35-121(110)129-122)104-63-68-109-107-65-55-99(77-116(107)126(3,4)118(109)80-104)90-50-46-88(47-51-90)86-42-38-84(39-43-86)82-24-11-6-12-25-82/h5-80H,1-4H3. The molecular formula is C126H88N2S2. The predicted octanol–water partition coefficient (Wildman–Crippen LogP) is 36.3. The Morgan fingerprint density at radius 3 is 0.954 bits per heavy atom. The number of thiophene rings is 2. The van der Waals surface area contributed by atoms with Crippen LogP contribution < -0.4 is 9.80 Å². The van der Waals surface area contributed by atoms with Gasteiger partial charge >= 0.3 is 0 Å². The van der Waals surface area contributed by atoms with Gasteiger partial charge in [-0.2, -0.15) is 0 Å². The average Bonchev–Trinajstić information content (AvgIpc) is 1.56. The van der Waals surface area contributed by atoms with Crippen molar-refractivity contribution in [1.29, 1.82) is 0 Å². The van der Waals surface area contributed by atoms with Crippen LogP contribution in [0.4, 0.5) is 34.1 Å². The Morgan fingerprint density at radius 1 is 0.154 bits per heavy atom. The van der Waals surface area contributed by atoms with Gasteiger partial charge in [-0.3, -0.25) is 0 Å². The topological polar surface area (TPSA) is 6.48 Å². The van der Waals surface area contributed by atoms with Crippen LogP contribution in [0.3, 0.4) is 0 Å².